The van der Waals surface area contributed by atoms with E-state index in [4.69, 9.17) is 0 Å². The Morgan fingerprint density at radius 1 is 1.17 bits per heavy atom. The first-order valence-electron chi connectivity index (χ1n) is 5.47. The molecule has 18 heavy (non-hydrogen) atoms. The highest BCUT2D eigenvalue weighted by molar-refractivity contribution is 5.46. The molecule has 0 aliphatic heterocycles. The van der Waals surface area contributed by atoms with Gasteiger partial charge in [0.05, 0.1) is 11.1 Å². The van der Waals surface area contributed by atoms with Gasteiger partial charge in [-0.15, -0.1) is 0 Å². The molecule has 0 saturated carbocycles. The monoisotopic (exact) mass is 262 g/mol. The van der Waals surface area contributed by atoms with Crippen molar-refractivity contribution in [2.45, 2.75) is 45.0 Å². The number of anilines is 1. The Balaban J connectivity index is 3.00. The number of alkyl halides is 3. The van der Waals surface area contributed by atoms with E-state index in [1.54, 1.807) is 27.7 Å². The van der Waals surface area contributed by atoms with Gasteiger partial charge >= 0.3 is 6.18 Å². The SMILES string of the molecule is CC(C)(O)C(C)(C)Nc1ccnc(C(F)(F)F)c1. The minimum Gasteiger partial charge on any atom is -0.388 e. The van der Waals surface area contributed by atoms with Gasteiger partial charge in [-0.25, -0.2) is 0 Å². The molecular formula is C12H17F3N2O. The van der Waals surface area contributed by atoms with Crippen LogP contribution < -0.4 is 5.32 Å². The van der Waals surface area contributed by atoms with Gasteiger partial charge in [-0.05, 0) is 39.8 Å². The predicted molar refractivity (Wildman–Crippen MR) is 63.2 cm³/mol. The van der Waals surface area contributed by atoms with E-state index in [0.717, 1.165) is 12.3 Å². The molecule has 0 atom stereocenters. The third kappa shape index (κ3) is 3.35. The summed E-state index contributed by atoms with van der Waals surface area (Å²) in [6.07, 6.45) is -3.39. The zero-order valence-electron chi connectivity index (χ0n) is 10.8. The molecule has 0 unspecified atom stereocenters. The molecule has 0 aliphatic carbocycles. The maximum absolute atomic E-state index is 12.5. The molecule has 0 amide bonds. The summed E-state index contributed by atoms with van der Waals surface area (Å²) < 4.78 is 37.5. The number of hydrogen-bond acceptors (Lipinski definition) is 3. The number of rotatable bonds is 3. The third-order valence-corrected chi connectivity index (χ3v) is 3.04. The van der Waals surface area contributed by atoms with Crippen LogP contribution in [-0.2, 0) is 6.18 Å². The van der Waals surface area contributed by atoms with E-state index in [1.165, 1.54) is 6.07 Å². The zero-order valence-corrected chi connectivity index (χ0v) is 10.8. The number of nitrogens with zero attached hydrogens (tertiary/aromatic N) is 1. The van der Waals surface area contributed by atoms with Crippen LogP contribution in [0.15, 0.2) is 18.3 Å². The van der Waals surface area contributed by atoms with Crippen molar-refractivity contribution in [2.24, 2.45) is 0 Å². The molecule has 1 aromatic heterocycles. The van der Waals surface area contributed by atoms with Crippen molar-refractivity contribution in [1.82, 2.24) is 4.98 Å². The van der Waals surface area contributed by atoms with Gasteiger partial charge in [-0.2, -0.15) is 13.2 Å². The van der Waals surface area contributed by atoms with E-state index >= 15 is 0 Å². The summed E-state index contributed by atoms with van der Waals surface area (Å²) in [6.45, 7) is 6.60. The summed E-state index contributed by atoms with van der Waals surface area (Å²) in [4.78, 5) is 3.28. The number of halogens is 3. The largest absolute Gasteiger partial charge is 0.433 e. The Morgan fingerprint density at radius 3 is 2.17 bits per heavy atom. The normalized spacial score (nSPS) is 13.6. The highest BCUT2D eigenvalue weighted by atomic mass is 19.4. The van der Waals surface area contributed by atoms with Gasteiger partial charge in [0.25, 0.3) is 0 Å². The standard InChI is InChI=1S/C12H17F3N2O/c1-10(2,11(3,4)18)17-8-5-6-16-9(7-8)12(13,14)15/h5-7,18H,1-4H3,(H,16,17). The molecule has 1 rings (SSSR count). The number of nitrogens with one attached hydrogen (secondary N) is 1. The van der Waals surface area contributed by atoms with Crippen LogP contribution in [0.25, 0.3) is 0 Å². The second-order valence-electron chi connectivity index (χ2n) is 5.24. The lowest BCUT2D eigenvalue weighted by atomic mass is 9.86. The molecule has 1 heterocycles. The minimum absolute atomic E-state index is 0.268. The van der Waals surface area contributed by atoms with Gasteiger partial charge in [0.15, 0.2) is 0 Å². The molecule has 0 saturated heterocycles. The van der Waals surface area contributed by atoms with Crippen molar-refractivity contribution in [3.8, 4) is 0 Å². The highest BCUT2D eigenvalue weighted by Crippen LogP contribution is 2.31. The summed E-state index contributed by atoms with van der Waals surface area (Å²) in [7, 11) is 0. The fourth-order valence-corrected chi connectivity index (χ4v) is 1.18. The molecule has 0 aromatic carbocycles. The number of aliphatic hydroxyl groups is 1. The maximum Gasteiger partial charge on any atom is 0.433 e. The summed E-state index contributed by atoms with van der Waals surface area (Å²) >= 11 is 0. The molecule has 0 spiro atoms. The fraction of sp³-hybridized carbons (Fsp3) is 0.583. The molecule has 3 nitrogen and oxygen atoms in total. The number of pyridine rings is 1. The Bertz CT molecular complexity index is 422. The molecule has 0 aliphatic rings. The predicted octanol–water partition coefficient (Wildman–Crippen LogP) is 3.06. The van der Waals surface area contributed by atoms with Gasteiger partial charge in [0.1, 0.15) is 5.69 Å². The van der Waals surface area contributed by atoms with Crippen LogP contribution in [0, 0.1) is 0 Å². The minimum atomic E-state index is -4.48. The zero-order chi connectivity index (χ0) is 14.2. The third-order valence-electron chi connectivity index (χ3n) is 3.04. The topological polar surface area (TPSA) is 45.1 Å². The summed E-state index contributed by atoms with van der Waals surface area (Å²) in [5.74, 6) is 0. The van der Waals surface area contributed by atoms with Crippen molar-refractivity contribution in [3.05, 3.63) is 24.0 Å². The molecule has 0 bridgehead atoms. The van der Waals surface area contributed by atoms with Gasteiger partial charge in [0.2, 0.25) is 0 Å². The quantitative estimate of drug-likeness (QED) is 0.880. The number of hydrogen-bond donors (Lipinski definition) is 2. The van der Waals surface area contributed by atoms with E-state index in [0.29, 0.717) is 0 Å². The van der Waals surface area contributed by atoms with Gasteiger partial charge in [0, 0.05) is 11.9 Å². The maximum atomic E-state index is 12.5. The van der Waals surface area contributed by atoms with Crippen LogP contribution in [-0.4, -0.2) is 21.2 Å². The lowest BCUT2D eigenvalue weighted by Crippen LogP contribution is -2.51. The highest BCUT2D eigenvalue weighted by Gasteiger charge is 2.36. The molecule has 1 aromatic rings. The molecule has 6 heteroatoms. The smallest absolute Gasteiger partial charge is 0.388 e. The summed E-state index contributed by atoms with van der Waals surface area (Å²) in [6, 6.07) is 2.36. The average molecular weight is 262 g/mol. The van der Waals surface area contributed by atoms with E-state index in [9.17, 15) is 18.3 Å². The molecule has 0 radical (unpaired) electrons. The van der Waals surface area contributed by atoms with Gasteiger partial charge in [-0.3, -0.25) is 4.98 Å². The first-order valence-corrected chi connectivity index (χ1v) is 5.47. The van der Waals surface area contributed by atoms with Crippen LogP contribution in [0.3, 0.4) is 0 Å². The Kier molecular flexibility index (Phi) is 3.63. The van der Waals surface area contributed by atoms with E-state index < -0.39 is 23.0 Å². The van der Waals surface area contributed by atoms with Gasteiger partial charge < -0.3 is 10.4 Å². The molecule has 2 N–H and O–H groups in total. The van der Waals surface area contributed by atoms with Crippen LogP contribution in [0.1, 0.15) is 33.4 Å². The number of aromatic nitrogens is 1. The van der Waals surface area contributed by atoms with Crippen LogP contribution in [0.2, 0.25) is 0 Å². The summed E-state index contributed by atoms with van der Waals surface area (Å²) in [5.41, 5.74) is -2.56. The molecular weight excluding hydrogens is 245 g/mol. The van der Waals surface area contributed by atoms with E-state index in [-0.39, 0.29) is 5.69 Å². The van der Waals surface area contributed by atoms with Gasteiger partial charge in [-0.1, -0.05) is 0 Å². The lowest BCUT2D eigenvalue weighted by Gasteiger charge is -2.38. The first kappa shape index (κ1) is 14.8. The van der Waals surface area contributed by atoms with Crippen LogP contribution in [0.5, 0.6) is 0 Å². The second-order valence-corrected chi connectivity index (χ2v) is 5.24. The van der Waals surface area contributed by atoms with Crippen molar-refractivity contribution in [3.63, 3.8) is 0 Å². The van der Waals surface area contributed by atoms with Crippen molar-refractivity contribution in [2.75, 3.05) is 5.32 Å². The second kappa shape index (κ2) is 4.42. The lowest BCUT2D eigenvalue weighted by molar-refractivity contribution is -0.141. The van der Waals surface area contributed by atoms with E-state index in [1.807, 2.05) is 0 Å². The van der Waals surface area contributed by atoms with E-state index in [2.05, 4.69) is 10.3 Å². The molecule has 102 valence electrons. The van der Waals surface area contributed by atoms with Crippen LogP contribution in [0.4, 0.5) is 18.9 Å². The van der Waals surface area contributed by atoms with Crippen molar-refractivity contribution < 1.29 is 18.3 Å². The first-order chi connectivity index (χ1) is 7.93. The van der Waals surface area contributed by atoms with Crippen molar-refractivity contribution in [1.29, 1.82) is 0 Å². The fourth-order valence-electron chi connectivity index (χ4n) is 1.18. The Labute approximate surface area is 104 Å². The average Bonchev–Trinajstić information content (AvgIpc) is 2.14. The Morgan fingerprint density at radius 2 is 1.72 bits per heavy atom. The van der Waals surface area contributed by atoms with Crippen LogP contribution >= 0.6 is 0 Å². The molecule has 0 fully saturated rings. The van der Waals surface area contributed by atoms with Crippen molar-refractivity contribution >= 4 is 5.69 Å². The Hall–Kier alpha value is -1.30. The summed E-state index contributed by atoms with van der Waals surface area (Å²) in [5, 5.41) is 12.8.